The molecule has 20 heavy (non-hydrogen) atoms. The van der Waals surface area contributed by atoms with Crippen LogP contribution in [0.4, 0.5) is 4.39 Å². The smallest absolute Gasteiger partial charge is 0.124 e. The summed E-state index contributed by atoms with van der Waals surface area (Å²) in [5.41, 5.74) is 3.29. The fourth-order valence-corrected chi connectivity index (χ4v) is 2.59. The minimum atomic E-state index is -0.226. The van der Waals surface area contributed by atoms with Crippen molar-refractivity contribution in [2.75, 3.05) is 7.11 Å². The molecular formula is C16H17BrFNO. The van der Waals surface area contributed by atoms with E-state index in [9.17, 15) is 4.39 Å². The van der Waals surface area contributed by atoms with E-state index in [0.29, 0.717) is 13.2 Å². The molecule has 0 bridgehead atoms. The molecule has 0 saturated heterocycles. The van der Waals surface area contributed by atoms with Gasteiger partial charge in [-0.1, -0.05) is 40.2 Å². The van der Waals surface area contributed by atoms with Gasteiger partial charge in [0.2, 0.25) is 0 Å². The highest BCUT2D eigenvalue weighted by Crippen LogP contribution is 2.15. The molecule has 2 rings (SSSR count). The fourth-order valence-electron chi connectivity index (χ4n) is 2.08. The second kappa shape index (κ2) is 7.53. The molecule has 0 saturated carbocycles. The molecule has 0 aromatic heterocycles. The van der Waals surface area contributed by atoms with E-state index in [1.54, 1.807) is 13.2 Å². The summed E-state index contributed by atoms with van der Waals surface area (Å²) in [6.45, 7) is 1.95. The summed E-state index contributed by atoms with van der Waals surface area (Å²) >= 11 is 3.30. The molecule has 0 spiro atoms. The predicted molar refractivity (Wildman–Crippen MR) is 81.8 cm³/mol. The summed E-state index contributed by atoms with van der Waals surface area (Å²) in [6, 6.07) is 13.0. The number of rotatable bonds is 6. The van der Waals surface area contributed by atoms with Gasteiger partial charge in [-0.25, -0.2) is 4.39 Å². The van der Waals surface area contributed by atoms with Crippen LogP contribution >= 0.6 is 15.9 Å². The minimum absolute atomic E-state index is 0.226. The highest BCUT2D eigenvalue weighted by atomic mass is 79.9. The predicted octanol–water partition coefficient (Wildman–Crippen LogP) is 4.02. The third kappa shape index (κ3) is 4.40. The van der Waals surface area contributed by atoms with Gasteiger partial charge < -0.3 is 10.1 Å². The van der Waals surface area contributed by atoms with Crippen LogP contribution < -0.4 is 5.32 Å². The first-order valence-corrected chi connectivity index (χ1v) is 7.20. The lowest BCUT2D eigenvalue weighted by molar-refractivity contribution is 0.184. The van der Waals surface area contributed by atoms with Gasteiger partial charge in [0, 0.05) is 24.7 Å². The van der Waals surface area contributed by atoms with E-state index >= 15 is 0 Å². The van der Waals surface area contributed by atoms with Crippen LogP contribution in [-0.2, 0) is 24.4 Å². The number of nitrogens with one attached hydrogen (secondary N) is 1. The van der Waals surface area contributed by atoms with Gasteiger partial charge in [-0.15, -0.1) is 0 Å². The highest BCUT2D eigenvalue weighted by molar-refractivity contribution is 9.10. The molecule has 0 unspecified atom stereocenters. The number of hydrogen-bond acceptors (Lipinski definition) is 2. The molecule has 1 N–H and O–H groups in total. The van der Waals surface area contributed by atoms with Gasteiger partial charge >= 0.3 is 0 Å². The summed E-state index contributed by atoms with van der Waals surface area (Å²) in [5.74, 6) is -0.226. The number of benzene rings is 2. The van der Waals surface area contributed by atoms with Crippen LogP contribution in [0.3, 0.4) is 0 Å². The summed E-state index contributed by atoms with van der Waals surface area (Å²) in [7, 11) is 1.69. The lowest BCUT2D eigenvalue weighted by Crippen LogP contribution is -2.14. The van der Waals surface area contributed by atoms with Crippen LogP contribution in [0.15, 0.2) is 46.9 Å². The van der Waals surface area contributed by atoms with Crippen LogP contribution in [0.5, 0.6) is 0 Å². The van der Waals surface area contributed by atoms with Gasteiger partial charge in [0.05, 0.1) is 6.61 Å². The first-order valence-electron chi connectivity index (χ1n) is 6.40. The van der Waals surface area contributed by atoms with Crippen LogP contribution in [0.25, 0.3) is 0 Å². The molecule has 0 fully saturated rings. The lowest BCUT2D eigenvalue weighted by Gasteiger charge is -2.10. The average molecular weight is 338 g/mol. The molecule has 0 atom stereocenters. The van der Waals surface area contributed by atoms with E-state index < -0.39 is 0 Å². The molecule has 0 heterocycles. The van der Waals surface area contributed by atoms with Crippen molar-refractivity contribution in [3.8, 4) is 0 Å². The Labute approximate surface area is 127 Å². The van der Waals surface area contributed by atoms with Gasteiger partial charge in [0.1, 0.15) is 5.82 Å². The largest absolute Gasteiger partial charge is 0.380 e. The van der Waals surface area contributed by atoms with E-state index in [-0.39, 0.29) is 5.82 Å². The van der Waals surface area contributed by atoms with E-state index in [1.807, 2.05) is 18.2 Å². The van der Waals surface area contributed by atoms with Gasteiger partial charge in [0.25, 0.3) is 0 Å². The normalized spacial score (nSPS) is 10.8. The van der Waals surface area contributed by atoms with E-state index in [2.05, 4.69) is 33.4 Å². The molecule has 0 aliphatic heterocycles. The second-order valence-electron chi connectivity index (χ2n) is 4.58. The van der Waals surface area contributed by atoms with Crippen LogP contribution in [-0.4, -0.2) is 7.11 Å². The zero-order valence-corrected chi connectivity index (χ0v) is 12.9. The number of methoxy groups -OCH3 is 1. The molecule has 2 nitrogen and oxygen atoms in total. The van der Waals surface area contributed by atoms with Crippen molar-refractivity contribution in [1.82, 2.24) is 5.32 Å². The van der Waals surface area contributed by atoms with E-state index in [0.717, 1.165) is 16.6 Å². The molecule has 2 aromatic rings. The Balaban J connectivity index is 1.95. The highest BCUT2D eigenvalue weighted by Gasteiger charge is 2.02. The maximum Gasteiger partial charge on any atom is 0.124 e. The Morgan fingerprint density at radius 2 is 1.85 bits per heavy atom. The first-order chi connectivity index (χ1) is 9.69. The lowest BCUT2D eigenvalue weighted by atomic mass is 10.1. The number of halogens is 2. The molecule has 0 aliphatic rings. The van der Waals surface area contributed by atoms with Crippen molar-refractivity contribution in [2.24, 2.45) is 0 Å². The van der Waals surface area contributed by atoms with E-state index in [4.69, 9.17) is 4.74 Å². The van der Waals surface area contributed by atoms with Crippen LogP contribution in [0, 0.1) is 5.82 Å². The number of hydrogen-bond donors (Lipinski definition) is 1. The standard InChI is InChI=1S/C16H17BrFNO/c1-20-11-14-5-3-2-4-13(14)10-19-9-12-6-15(17)8-16(18)7-12/h2-8,19H,9-11H2,1H3. The summed E-state index contributed by atoms with van der Waals surface area (Å²) in [4.78, 5) is 0. The molecule has 106 valence electrons. The minimum Gasteiger partial charge on any atom is -0.380 e. The van der Waals surface area contributed by atoms with Crippen molar-refractivity contribution >= 4 is 15.9 Å². The van der Waals surface area contributed by atoms with Gasteiger partial charge in [-0.3, -0.25) is 0 Å². The first kappa shape index (κ1) is 15.2. The molecular weight excluding hydrogens is 321 g/mol. The third-order valence-electron chi connectivity index (χ3n) is 2.99. The topological polar surface area (TPSA) is 21.3 Å². The zero-order valence-electron chi connectivity index (χ0n) is 11.3. The van der Waals surface area contributed by atoms with E-state index in [1.165, 1.54) is 17.2 Å². The Kier molecular flexibility index (Phi) is 5.71. The van der Waals surface area contributed by atoms with Gasteiger partial charge in [0.15, 0.2) is 0 Å². The molecule has 4 heteroatoms. The summed E-state index contributed by atoms with van der Waals surface area (Å²) in [6.07, 6.45) is 0. The maximum absolute atomic E-state index is 13.3. The Hall–Kier alpha value is -1.23. The van der Waals surface area contributed by atoms with Crippen LogP contribution in [0.2, 0.25) is 0 Å². The second-order valence-corrected chi connectivity index (χ2v) is 5.50. The van der Waals surface area contributed by atoms with Crippen molar-refractivity contribution < 1.29 is 9.13 Å². The van der Waals surface area contributed by atoms with Gasteiger partial charge in [-0.2, -0.15) is 0 Å². The Morgan fingerprint density at radius 3 is 2.55 bits per heavy atom. The average Bonchev–Trinajstić information content (AvgIpc) is 2.40. The molecule has 0 radical (unpaired) electrons. The zero-order chi connectivity index (χ0) is 14.4. The quantitative estimate of drug-likeness (QED) is 0.859. The SMILES string of the molecule is COCc1ccccc1CNCc1cc(F)cc(Br)c1. The maximum atomic E-state index is 13.3. The van der Waals surface area contributed by atoms with Gasteiger partial charge in [-0.05, 0) is 34.9 Å². The van der Waals surface area contributed by atoms with Crippen molar-refractivity contribution in [1.29, 1.82) is 0 Å². The van der Waals surface area contributed by atoms with Crippen molar-refractivity contribution in [3.05, 3.63) is 69.4 Å². The molecule has 0 amide bonds. The van der Waals surface area contributed by atoms with Crippen LogP contribution in [0.1, 0.15) is 16.7 Å². The third-order valence-corrected chi connectivity index (χ3v) is 3.44. The van der Waals surface area contributed by atoms with Crippen molar-refractivity contribution in [3.63, 3.8) is 0 Å². The van der Waals surface area contributed by atoms with Crippen molar-refractivity contribution in [2.45, 2.75) is 19.7 Å². The number of ether oxygens (including phenoxy) is 1. The summed E-state index contributed by atoms with van der Waals surface area (Å²) in [5, 5.41) is 3.33. The molecule has 2 aromatic carbocycles. The molecule has 0 aliphatic carbocycles. The summed E-state index contributed by atoms with van der Waals surface area (Å²) < 4.78 is 19.2. The monoisotopic (exact) mass is 337 g/mol. The fraction of sp³-hybridized carbons (Fsp3) is 0.250. The Morgan fingerprint density at radius 1 is 1.10 bits per heavy atom. The Bertz CT molecular complexity index is 554.